The first-order valence-corrected chi connectivity index (χ1v) is 13.7. The van der Waals surface area contributed by atoms with Gasteiger partial charge in [-0.15, -0.1) is 0 Å². The second-order valence-electron chi connectivity index (χ2n) is 10.8. The van der Waals surface area contributed by atoms with E-state index in [0.29, 0.717) is 5.65 Å². The Kier molecular flexibility index (Phi) is 6.32. The van der Waals surface area contributed by atoms with Gasteiger partial charge in [0.1, 0.15) is 23.9 Å². The van der Waals surface area contributed by atoms with Gasteiger partial charge in [-0.05, 0) is 30.5 Å². The number of H-pyrrole nitrogens is 1. The number of nitrogens with zero attached hydrogens (tertiary/aromatic N) is 3. The number of imidazole rings is 1. The molecule has 4 heterocycles. The Bertz CT molecular complexity index is 1610. The maximum Gasteiger partial charge on any atom is 0.278 e. The van der Waals surface area contributed by atoms with E-state index in [1.54, 1.807) is 10.9 Å². The minimum atomic E-state index is -0.910. The fourth-order valence-corrected chi connectivity index (χ4v) is 6.04. The average molecular weight is 551 g/mol. The number of aromatic nitrogens is 4. The summed E-state index contributed by atoms with van der Waals surface area (Å²) >= 11 is 0. The largest absolute Gasteiger partial charge is 0.358 e. The van der Waals surface area contributed by atoms with Crippen molar-refractivity contribution in [1.82, 2.24) is 19.5 Å². The van der Waals surface area contributed by atoms with Crippen molar-refractivity contribution in [3.05, 3.63) is 131 Å². The number of ether oxygens (including phenoxy) is 4. The van der Waals surface area contributed by atoms with E-state index in [4.69, 9.17) is 18.9 Å². The summed E-state index contributed by atoms with van der Waals surface area (Å²) in [7, 11) is 0. The van der Waals surface area contributed by atoms with Crippen molar-refractivity contribution in [1.29, 1.82) is 0 Å². The Morgan fingerprint density at radius 1 is 0.854 bits per heavy atom. The molecule has 2 aliphatic rings. The summed E-state index contributed by atoms with van der Waals surface area (Å²) in [5.41, 5.74) is 2.42. The van der Waals surface area contributed by atoms with Gasteiger partial charge in [-0.2, -0.15) is 0 Å². The van der Waals surface area contributed by atoms with E-state index in [9.17, 15) is 4.79 Å². The molecule has 0 spiro atoms. The SMILES string of the molecule is CC1(C)O[C@@H]2[C@@H](O1)[C@H](n1cnc3c(=O)[nH]cnc31)O[C@H]2COC(c1ccccc1)(c1ccccc1)c1ccccc1. The van der Waals surface area contributed by atoms with Crippen molar-refractivity contribution in [3.63, 3.8) is 0 Å². The molecule has 9 nitrogen and oxygen atoms in total. The highest BCUT2D eigenvalue weighted by atomic mass is 16.8. The average Bonchev–Trinajstić information content (AvgIpc) is 3.67. The summed E-state index contributed by atoms with van der Waals surface area (Å²) < 4.78 is 28.1. The molecular weight excluding hydrogens is 520 g/mol. The lowest BCUT2D eigenvalue weighted by Crippen LogP contribution is -2.39. The number of fused-ring (bicyclic) bond motifs is 2. The van der Waals surface area contributed by atoms with Gasteiger partial charge in [0.25, 0.3) is 5.56 Å². The molecule has 3 aromatic carbocycles. The fraction of sp³-hybridized carbons (Fsp3) is 0.281. The minimum absolute atomic E-state index is 0.205. The molecule has 4 atom stereocenters. The van der Waals surface area contributed by atoms with Crippen LogP contribution in [-0.2, 0) is 24.5 Å². The van der Waals surface area contributed by atoms with Gasteiger partial charge in [0, 0.05) is 0 Å². The Balaban J connectivity index is 1.29. The Morgan fingerprint density at radius 3 is 2.00 bits per heavy atom. The fourth-order valence-electron chi connectivity index (χ4n) is 6.04. The first kappa shape index (κ1) is 25.8. The maximum absolute atomic E-state index is 12.3. The number of hydrogen-bond donors (Lipinski definition) is 1. The van der Waals surface area contributed by atoms with Crippen molar-refractivity contribution in [2.75, 3.05) is 6.61 Å². The van der Waals surface area contributed by atoms with Gasteiger partial charge < -0.3 is 23.9 Å². The zero-order valence-electron chi connectivity index (χ0n) is 22.7. The molecule has 0 bridgehead atoms. The molecule has 1 N–H and O–H groups in total. The zero-order valence-corrected chi connectivity index (χ0v) is 22.7. The number of nitrogens with one attached hydrogen (secondary N) is 1. The van der Waals surface area contributed by atoms with Gasteiger partial charge >= 0.3 is 0 Å². The van der Waals surface area contributed by atoms with Gasteiger partial charge in [-0.3, -0.25) is 9.36 Å². The molecule has 0 radical (unpaired) electrons. The molecule has 7 rings (SSSR count). The van der Waals surface area contributed by atoms with Crippen LogP contribution >= 0.6 is 0 Å². The molecule has 41 heavy (non-hydrogen) atoms. The molecule has 0 amide bonds. The van der Waals surface area contributed by atoms with Crippen molar-refractivity contribution in [2.45, 2.75) is 49.8 Å². The minimum Gasteiger partial charge on any atom is -0.358 e. The van der Waals surface area contributed by atoms with E-state index in [0.717, 1.165) is 16.7 Å². The Morgan fingerprint density at radius 2 is 1.41 bits per heavy atom. The van der Waals surface area contributed by atoms with Crippen LogP contribution < -0.4 is 5.56 Å². The normalized spacial score (nSPS) is 23.6. The zero-order chi connectivity index (χ0) is 28.0. The van der Waals surface area contributed by atoms with Gasteiger partial charge in [0.05, 0.1) is 19.3 Å². The van der Waals surface area contributed by atoms with E-state index >= 15 is 0 Å². The van der Waals surface area contributed by atoms with Crippen molar-refractivity contribution < 1.29 is 18.9 Å². The van der Waals surface area contributed by atoms with Crippen molar-refractivity contribution in [3.8, 4) is 0 Å². The quantitative estimate of drug-likeness (QED) is 0.297. The summed E-state index contributed by atoms with van der Waals surface area (Å²) in [5, 5.41) is 0. The number of hydrogen-bond acceptors (Lipinski definition) is 7. The molecule has 2 aliphatic heterocycles. The first-order chi connectivity index (χ1) is 20.0. The standard InChI is InChI=1S/C32H30N4O5/c1-31(2)40-26-24(39-30(27(26)41-31)36-20-35-25-28(36)33-19-34-29(25)37)18-38-32(21-12-6-3-7-13-21,22-14-8-4-9-15-22)23-16-10-5-11-17-23/h3-17,19-20,24,26-27,30H,18H2,1-2H3,(H,33,34,37)/t24-,26-,27+,30+/m0/s1. The summed E-state index contributed by atoms with van der Waals surface area (Å²) in [6, 6.07) is 30.6. The number of rotatable bonds is 7. The highest BCUT2D eigenvalue weighted by molar-refractivity contribution is 5.68. The summed E-state index contributed by atoms with van der Waals surface area (Å²) in [6.07, 6.45) is 0.941. The molecular formula is C32H30N4O5. The van der Waals surface area contributed by atoms with Crippen LogP contribution in [-0.4, -0.2) is 50.2 Å². The van der Waals surface area contributed by atoms with Crippen LogP contribution in [0, 0.1) is 0 Å². The van der Waals surface area contributed by atoms with E-state index in [2.05, 4.69) is 51.4 Å². The van der Waals surface area contributed by atoms with Crippen LogP contribution in [0.2, 0.25) is 0 Å². The molecule has 0 saturated carbocycles. The van der Waals surface area contributed by atoms with Crippen LogP contribution in [0.5, 0.6) is 0 Å². The molecule has 0 aliphatic carbocycles. The molecule has 2 saturated heterocycles. The predicted molar refractivity (Wildman–Crippen MR) is 151 cm³/mol. The van der Waals surface area contributed by atoms with Crippen LogP contribution in [0.1, 0.15) is 36.8 Å². The van der Waals surface area contributed by atoms with Crippen LogP contribution in [0.25, 0.3) is 11.2 Å². The van der Waals surface area contributed by atoms with E-state index in [-0.39, 0.29) is 17.7 Å². The summed E-state index contributed by atoms with van der Waals surface area (Å²) in [6.45, 7) is 3.98. The van der Waals surface area contributed by atoms with Gasteiger partial charge in [-0.1, -0.05) is 91.0 Å². The first-order valence-electron chi connectivity index (χ1n) is 13.7. The van der Waals surface area contributed by atoms with E-state index in [1.165, 1.54) is 6.33 Å². The lowest BCUT2D eigenvalue weighted by Gasteiger charge is -2.37. The maximum atomic E-state index is 12.3. The Hall–Kier alpha value is -4.15. The molecule has 2 fully saturated rings. The predicted octanol–water partition coefficient (Wildman–Crippen LogP) is 4.55. The molecule has 5 aromatic rings. The van der Waals surface area contributed by atoms with Crippen LogP contribution in [0.3, 0.4) is 0 Å². The van der Waals surface area contributed by atoms with Crippen LogP contribution in [0.4, 0.5) is 0 Å². The topological polar surface area (TPSA) is 100 Å². The lowest BCUT2D eigenvalue weighted by atomic mass is 9.80. The smallest absolute Gasteiger partial charge is 0.278 e. The van der Waals surface area contributed by atoms with E-state index < -0.39 is 35.9 Å². The third-order valence-electron chi connectivity index (χ3n) is 7.77. The lowest BCUT2D eigenvalue weighted by molar-refractivity contribution is -0.204. The van der Waals surface area contributed by atoms with Gasteiger partial charge in [0.15, 0.2) is 23.2 Å². The molecule has 208 valence electrons. The van der Waals surface area contributed by atoms with Crippen LogP contribution in [0.15, 0.2) is 108 Å². The second kappa shape index (κ2) is 10.0. The second-order valence-corrected chi connectivity index (χ2v) is 10.8. The van der Waals surface area contributed by atoms with Crippen molar-refractivity contribution in [2.24, 2.45) is 0 Å². The number of benzene rings is 3. The molecule has 0 unspecified atom stereocenters. The monoisotopic (exact) mass is 550 g/mol. The highest BCUT2D eigenvalue weighted by Gasteiger charge is 2.57. The van der Waals surface area contributed by atoms with Crippen molar-refractivity contribution >= 4 is 11.2 Å². The molecule has 2 aromatic heterocycles. The summed E-state index contributed by atoms with van der Waals surface area (Å²) in [5.74, 6) is -0.827. The third-order valence-corrected chi connectivity index (χ3v) is 7.77. The molecule has 9 heteroatoms. The third kappa shape index (κ3) is 4.38. The van der Waals surface area contributed by atoms with E-state index in [1.807, 2.05) is 68.4 Å². The highest BCUT2D eigenvalue weighted by Crippen LogP contribution is 2.46. The number of aromatic amines is 1. The van der Waals surface area contributed by atoms with Gasteiger partial charge in [0.2, 0.25) is 0 Å². The summed E-state index contributed by atoms with van der Waals surface area (Å²) in [4.78, 5) is 23.6. The Labute approximate surface area is 236 Å². The van der Waals surface area contributed by atoms with Gasteiger partial charge in [-0.25, -0.2) is 9.97 Å².